The minimum absolute atomic E-state index is 0. The molecular formula is C23H34Cl2FNSiTi-2. The van der Waals surface area contributed by atoms with Crippen molar-refractivity contribution in [2.45, 2.75) is 57.8 Å². The predicted molar refractivity (Wildman–Crippen MR) is 126 cm³/mol. The van der Waals surface area contributed by atoms with Crippen LogP contribution >= 0.6 is 18.6 Å². The molecule has 1 fully saturated rings. The van der Waals surface area contributed by atoms with Gasteiger partial charge in [-0.3, -0.25) is 0 Å². The fourth-order valence-electron chi connectivity index (χ4n) is 5.22. The Labute approximate surface area is 195 Å². The Hall–Kier alpha value is 0.101. The molecule has 0 radical (unpaired) electrons. The second kappa shape index (κ2) is 11.6. The van der Waals surface area contributed by atoms with Crippen LogP contribution in [-0.2, 0) is 23.5 Å². The van der Waals surface area contributed by atoms with Gasteiger partial charge < -0.3 is 12.4 Å². The second-order valence-corrected chi connectivity index (χ2v) is 16.1. The van der Waals surface area contributed by atoms with E-state index < -0.39 is 25.3 Å². The second-order valence-electron chi connectivity index (χ2n) is 9.37. The zero-order valence-corrected chi connectivity index (χ0v) is 22.5. The normalized spacial score (nSPS) is 25.5. The molecule has 2 aliphatic rings. The van der Waals surface area contributed by atoms with E-state index >= 15 is 0 Å². The zero-order valence-electron chi connectivity index (χ0n) is 18.4. The molecule has 1 aromatic carbocycles. The van der Waals surface area contributed by atoms with Crippen LogP contribution in [0, 0.1) is 31.0 Å². The number of nitrogens with zero attached hydrogens (tertiary/aromatic N) is 1. The molecule has 0 saturated heterocycles. The fraction of sp³-hybridized carbons (Fsp3) is 0.522. The summed E-state index contributed by atoms with van der Waals surface area (Å²) in [5.41, 5.74) is 1.91. The quantitative estimate of drug-likeness (QED) is 0.298. The molecule has 0 spiro atoms. The summed E-state index contributed by atoms with van der Waals surface area (Å²) in [5, 5.41) is 0. The van der Waals surface area contributed by atoms with E-state index in [-0.39, 0.29) is 18.8 Å². The number of hydrogen-bond acceptors (Lipinski definition) is 0. The monoisotopic (exact) mass is 489 g/mol. The van der Waals surface area contributed by atoms with E-state index in [0.717, 1.165) is 6.42 Å². The summed E-state index contributed by atoms with van der Waals surface area (Å²) >= 11 is -0.556. The number of benzene rings is 1. The molecule has 1 saturated carbocycles. The average molecular weight is 490 g/mol. The molecule has 6 heteroatoms. The minimum atomic E-state index is -1.78. The van der Waals surface area contributed by atoms with Crippen LogP contribution in [0.5, 0.6) is 0 Å². The summed E-state index contributed by atoms with van der Waals surface area (Å²) in [4.78, 5) is 5.34. The van der Waals surface area contributed by atoms with Crippen LogP contribution in [0.3, 0.4) is 0 Å². The number of rotatable bonds is 4. The Morgan fingerprint density at radius 1 is 1.10 bits per heavy atom. The Balaban J connectivity index is 0.000000990. The number of fused-ring (bicyclic) bond motifs is 1. The third kappa shape index (κ3) is 7.94. The number of allylic oxidation sites excluding steroid dienone is 4. The van der Waals surface area contributed by atoms with Gasteiger partial charge in [0.05, 0.1) is 0 Å². The first-order chi connectivity index (χ1) is 13.1. The third-order valence-electron chi connectivity index (χ3n) is 5.65. The van der Waals surface area contributed by atoms with Gasteiger partial charge in [-0.05, 0) is 48.3 Å². The topological polar surface area (TPSA) is 14.1 Å². The molecule has 1 nitrogen and oxygen atoms in total. The van der Waals surface area contributed by atoms with Crippen molar-refractivity contribution >= 4 is 26.8 Å². The molecule has 0 heterocycles. The van der Waals surface area contributed by atoms with Crippen molar-refractivity contribution in [2.75, 3.05) is 0 Å². The van der Waals surface area contributed by atoms with E-state index in [9.17, 15) is 4.39 Å². The van der Waals surface area contributed by atoms with Crippen LogP contribution in [0.25, 0.3) is 4.98 Å². The van der Waals surface area contributed by atoms with Crippen molar-refractivity contribution in [3.8, 4) is 0 Å². The van der Waals surface area contributed by atoms with Crippen LogP contribution in [0.2, 0.25) is 18.6 Å². The van der Waals surface area contributed by atoms with Crippen LogP contribution < -0.4 is 0 Å². The Kier molecular flexibility index (Phi) is 10.9. The Morgan fingerprint density at radius 3 is 2.21 bits per heavy atom. The first-order valence-corrected chi connectivity index (χ1v) is 17.2. The Morgan fingerprint density at radius 2 is 1.66 bits per heavy atom. The first-order valence-electron chi connectivity index (χ1n) is 9.87. The van der Waals surface area contributed by atoms with Gasteiger partial charge in [0.15, 0.2) is 0 Å². The fourth-order valence-corrected chi connectivity index (χ4v) is 9.81. The average Bonchev–Trinajstić information content (AvgIpc) is 2.94. The summed E-state index contributed by atoms with van der Waals surface area (Å²) < 4.78 is 13.3. The van der Waals surface area contributed by atoms with Crippen LogP contribution in [-0.4, -0.2) is 13.8 Å². The molecule has 162 valence electrons. The predicted octanol–water partition coefficient (Wildman–Crippen LogP) is 8.32. The van der Waals surface area contributed by atoms with Crippen LogP contribution in [0.4, 0.5) is 4.39 Å². The van der Waals surface area contributed by atoms with E-state index in [1.807, 2.05) is 12.1 Å². The molecule has 0 bridgehead atoms. The maximum atomic E-state index is 13.3. The molecule has 2 aliphatic carbocycles. The summed E-state index contributed by atoms with van der Waals surface area (Å²) in [7, 11) is 8.00. The molecule has 0 aromatic heterocycles. The van der Waals surface area contributed by atoms with Crippen molar-refractivity contribution in [3.05, 3.63) is 72.4 Å². The van der Waals surface area contributed by atoms with Crippen molar-refractivity contribution in [1.29, 1.82) is 0 Å². The van der Waals surface area contributed by atoms with E-state index in [1.54, 1.807) is 12.1 Å². The molecule has 4 atom stereocenters. The van der Waals surface area contributed by atoms with Gasteiger partial charge in [-0.1, -0.05) is 84.1 Å². The SMILES string of the molecule is CC(C)(C)[N-][Si](C)(C)C1C(Cc2ccc(F)cc2)CC2C=CC=CC21.[CH3-].[Cl][Ti][Cl]. The Bertz CT molecular complexity index is 685. The molecule has 4 unspecified atom stereocenters. The van der Waals surface area contributed by atoms with Gasteiger partial charge in [-0.15, -0.1) is 5.54 Å². The van der Waals surface area contributed by atoms with Gasteiger partial charge in [0.2, 0.25) is 0 Å². The summed E-state index contributed by atoms with van der Waals surface area (Å²) in [6.45, 7) is 11.5. The number of halogens is 3. The van der Waals surface area contributed by atoms with E-state index in [4.69, 9.17) is 23.6 Å². The van der Waals surface area contributed by atoms with Gasteiger partial charge in [0, 0.05) is 0 Å². The zero-order chi connectivity index (χ0) is 20.9. The van der Waals surface area contributed by atoms with Crippen molar-refractivity contribution in [1.82, 2.24) is 0 Å². The molecular weight excluding hydrogens is 456 g/mol. The van der Waals surface area contributed by atoms with Gasteiger partial charge in [0.25, 0.3) is 0 Å². The van der Waals surface area contributed by atoms with Crippen LogP contribution in [0.15, 0.2) is 48.6 Å². The van der Waals surface area contributed by atoms with Gasteiger partial charge >= 0.3 is 35.6 Å². The summed E-state index contributed by atoms with van der Waals surface area (Å²) in [5.74, 6) is 1.73. The van der Waals surface area contributed by atoms with Crippen LogP contribution in [0.1, 0.15) is 32.8 Å². The maximum absolute atomic E-state index is 13.3. The third-order valence-corrected chi connectivity index (χ3v) is 9.38. The molecule has 1 aromatic rings. The van der Waals surface area contributed by atoms with Crippen molar-refractivity contribution in [3.63, 3.8) is 0 Å². The van der Waals surface area contributed by atoms with Crippen molar-refractivity contribution in [2.24, 2.45) is 17.8 Å². The van der Waals surface area contributed by atoms with E-state index in [2.05, 4.69) is 58.2 Å². The van der Waals surface area contributed by atoms with Gasteiger partial charge in [-0.2, -0.15) is 0 Å². The first kappa shape index (κ1) is 27.1. The molecule has 0 aliphatic heterocycles. The van der Waals surface area contributed by atoms with E-state index in [0.29, 0.717) is 23.3 Å². The molecule has 29 heavy (non-hydrogen) atoms. The van der Waals surface area contributed by atoms with Gasteiger partial charge in [-0.25, -0.2) is 4.39 Å². The van der Waals surface area contributed by atoms with E-state index in [1.165, 1.54) is 12.0 Å². The molecule has 0 amide bonds. The summed E-state index contributed by atoms with van der Waals surface area (Å²) in [6, 6.07) is 7.09. The van der Waals surface area contributed by atoms with Gasteiger partial charge in [0.1, 0.15) is 5.82 Å². The van der Waals surface area contributed by atoms with Crippen molar-refractivity contribution < 1.29 is 21.4 Å². The standard InChI is InChI=1S/C22H31FNSi.CH3.2ClH.Ti/c1-22(2,3)24-25(4,5)21-18(14-16-10-12-19(23)13-11-16)15-17-8-6-7-9-20(17)21;;;;/h6-13,17-18,20-21H,14-15H2,1-5H3;1H3;2*1H;/q2*-1;;;+2/p-2. The molecule has 0 N–H and O–H groups in total. The summed E-state index contributed by atoms with van der Waals surface area (Å²) in [6.07, 6.45) is 11.5. The molecule has 3 rings (SSSR count). The number of hydrogen-bond donors (Lipinski definition) is 0.